The fourth-order valence-electron chi connectivity index (χ4n) is 3.66. The molecule has 160 valence electrons. The number of nitrogens with one attached hydrogen (secondary N) is 2. The Kier molecular flexibility index (Phi) is 6.34. The highest BCUT2D eigenvalue weighted by Crippen LogP contribution is 2.24. The van der Waals surface area contributed by atoms with Crippen LogP contribution in [0.4, 0.5) is 17.1 Å². The summed E-state index contributed by atoms with van der Waals surface area (Å²) in [4.78, 5) is 30.0. The molecule has 4 rings (SSSR count). The van der Waals surface area contributed by atoms with Crippen LogP contribution >= 0.6 is 11.3 Å². The minimum atomic E-state index is -0.183. The van der Waals surface area contributed by atoms with Gasteiger partial charge in [0.15, 0.2) is 0 Å². The minimum absolute atomic E-state index is 0.151. The summed E-state index contributed by atoms with van der Waals surface area (Å²) in [7, 11) is 4.24. The quantitative estimate of drug-likeness (QED) is 0.604. The number of carbonyl (C=O) groups is 2. The number of anilines is 3. The maximum Gasteiger partial charge on any atom is 0.265 e. The van der Waals surface area contributed by atoms with Crippen molar-refractivity contribution in [3.05, 3.63) is 76.5 Å². The van der Waals surface area contributed by atoms with Gasteiger partial charge in [-0.15, -0.1) is 11.3 Å². The number of hydrogen-bond acceptors (Lipinski definition) is 5. The first-order valence-electron chi connectivity index (χ1n) is 10.3. The third-order valence-corrected chi connectivity index (χ3v) is 6.40. The molecule has 1 aliphatic heterocycles. The van der Waals surface area contributed by atoms with E-state index in [2.05, 4.69) is 46.7 Å². The molecule has 3 aromatic rings. The second kappa shape index (κ2) is 9.32. The summed E-state index contributed by atoms with van der Waals surface area (Å²) in [5.41, 5.74) is 3.12. The summed E-state index contributed by atoms with van der Waals surface area (Å²) in [6, 6.07) is 19.1. The molecule has 2 N–H and O–H groups in total. The van der Waals surface area contributed by atoms with E-state index in [0.29, 0.717) is 22.2 Å². The first kappa shape index (κ1) is 21.1. The van der Waals surface area contributed by atoms with Crippen molar-refractivity contribution in [3.8, 4) is 0 Å². The normalized spacial score (nSPS) is 15.8. The molecule has 1 atom stereocenters. The van der Waals surface area contributed by atoms with Gasteiger partial charge in [0.2, 0.25) is 0 Å². The summed E-state index contributed by atoms with van der Waals surface area (Å²) in [6.07, 6.45) is 1.16. The van der Waals surface area contributed by atoms with Crippen LogP contribution in [0.3, 0.4) is 0 Å². The van der Waals surface area contributed by atoms with Crippen LogP contribution in [-0.2, 0) is 0 Å². The molecule has 1 fully saturated rings. The molecular formula is C24H26N4O2S. The fraction of sp³-hybridized carbons (Fsp3) is 0.250. The van der Waals surface area contributed by atoms with Gasteiger partial charge < -0.3 is 20.4 Å². The van der Waals surface area contributed by atoms with Gasteiger partial charge in [0.05, 0.1) is 4.88 Å². The van der Waals surface area contributed by atoms with Gasteiger partial charge in [0, 0.05) is 41.8 Å². The first-order valence-corrected chi connectivity index (χ1v) is 11.2. The summed E-state index contributed by atoms with van der Waals surface area (Å²) >= 11 is 1.39. The summed E-state index contributed by atoms with van der Waals surface area (Å²) in [5, 5.41) is 7.63. The lowest BCUT2D eigenvalue weighted by atomic mass is 10.2. The van der Waals surface area contributed by atoms with Crippen molar-refractivity contribution in [1.82, 2.24) is 4.90 Å². The Labute approximate surface area is 186 Å². The lowest BCUT2D eigenvalue weighted by Crippen LogP contribution is -2.31. The van der Waals surface area contributed by atoms with E-state index in [9.17, 15) is 9.59 Å². The molecule has 1 aliphatic rings. The van der Waals surface area contributed by atoms with Crippen molar-refractivity contribution in [2.75, 3.05) is 42.7 Å². The molecule has 1 saturated heterocycles. The van der Waals surface area contributed by atoms with Crippen molar-refractivity contribution in [2.45, 2.75) is 12.5 Å². The minimum Gasteiger partial charge on any atom is -0.370 e. The summed E-state index contributed by atoms with van der Waals surface area (Å²) in [6.45, 7) is 2.07. The topological polar surface area (TPSA) is 64.7 Å². The summed E-state index contributed by atoms with van der Waals surface area (Å²) in [5.74, 6) is -0.333. The van der Waals surface area contributed by atoms with Gasteiger partial charge >= 0.3 is 0 Å². The van der Waals surface area contributed by atoms with Crippen molar-refractivity contribution >= 4 is 40.2 Å². The van der Waals surface area contributed by atoms with Crippen molar-refractivity contribution < 1.29 is 9.59 Å². The van der Waals surface area contributed by atoms with Gasteiger partial charge in [-0.05, 0) is 80.5 Å². The van der Waals surface area contributed by atoms with Gasteiger partial charge in [-0.3, -0.25) is 9.59 Å². The molecular weight excluding hydrogens is 408 g/mol. The maximum absolute atomic E-state index is 12.6. The third kappa shape index (κ3) is 5.13. The molecule has 1 unspecified atom stereocenters. The molecule has 2 heterocycles. The molecule has 2 aromatic carbocycles. The third-order valence-electron chi connectivity index (χ3n) is 5.53. The van der Waals surface area contributed by atoms with Crippen LogP contribution in [0.1, 0.15) is 26.5 Å². The molecule has 0 spiro atoms. The second-order valence-corrected chi connectivity index (χ2v) is 8.81. The van der Waals surface area contributed by atoms with Crippen molar-refractivity contribution in [2.24, 2.45) is 0 Å². The largest absolute Gasteiger partial charge is 0.370 e. The molecule has 31 heavy (non-hydrogen) atoms. The van der Waals surface area contributed by atoms with Crippen LogP contribution in [0.25, 0.3) is 0 Å². The van der Waals surface area contributed by atoms with E-state index in [1.165, 1.54) is 17.0 Å². The summed E-state index contributed by atoms with van der Waals surface area (Å²) < 4.78 is 0. The highest BCUT2D eigenvalue weighted by atomic mass is 32.1. The first-order chi connectivity index (χ1) is 15.0. The Morgan fingerprint density at radius 2 is 1.58 bits per heavy atom. The van der Waals surface area contributed by atoms with Crippen LogP contribution in [-0.4, -0.2) is 49.9 Å². The van der Waals surface area contributed by atoms with Crippen LogP contribution in [0.15, 0.2) is 66.0 Å². The maximum atomic E-state index is 12.6. The van der Waals surface area contributed by atoms with Gasteiger partial charge in [-0.1, -0.05) is 6.07 Å². The number of hydrogen-bond donors (Lipinski definition) is 2. The molecule has 0 saturated carbocycles. The van der Waals surface area contributed by atoms with E-state index < -0.39 is 0 Å². The Balaban J connectivity index is 1.33. The SMILES string of the molecule is CN(C)C1CCN(c2ccc(NC(=O)c3ccc(NC(=O)c4cccs4)cc3)cc2)C1. The predicted octanol–water partition coefficient (Wildman–Crippen LogP) is 4.39. The number of nitrogens with zero attached hydrogens (tertiary/aromatic N) is 2. The molecule has 7 heteroatoms. The van der Waals surface area contributed by atoms with Crippen LogP contribution in [0.2, 0.25) is 0 Å². The second-order valence-electron chi connectivity index (χ2n) is 7.86. The standard InChI is InChI=1S/C24H26N4O2S/c1-27(2)21-13-14-28(16-21)20-11-9-19(10-12-20)25-23(29)17-5-7-18(8-6-17)26-24(30)22-4-3-15-31-22/h3-12,15,21H,13-14,16H2,1-2H3,(H,25,29)(H,26,30). The van der Waals surface area contributed by atoms with E-state index in [-0.39, 0.29) is 11.8 Å². The number of amides is 2. The average molecular weight is 435 g/mol. The van der Waals surface area contributed by atoms with Gasteiger partial charge in [-0.25, -0.2) is 0 Å². The monoisotopic (exact) mass is 434 g/mol. The zero-order valence-corrected chi connectivity index (χ0v) is 18.5. The number of rotatable bonds is 6. The smallest absolute Gasteiger partial charge is 0.265 e. The fourth-order valence-corrected chi connectivity index (χ4v) is 4.28. The number of likely N-dealkylation sites (N-methyl/N-ethyl adjacent to an activating group) is 1. The van der Waals surface area contributed by atoms with Crippen LogP contribution < -0.4 is 15.5 Å². The van der Waals surface area contributed by atoms with E-state index in [4.69, 9.17) is 0 Å². The van der Waals surface area contributed by atoms with Crippen molar-refractivity contribution in [1.29, 1.82) is 0 Å². The van der Waals surface area contributed by atoms with E-state index in [1.54, 1.807) is 30.3 Å². The molecule has 2 amide bonds. The van der Waals surface area contributed by atoms with Gasteiger partial charge in [0.1, 0.15) is 0 Å². The van der Waals surface area contributed by atoms with Crippen molar-refractivity contribution in [3.63, 3.8) is 0 Å². The lowest BCUT2D eigenvalue weighted by molar-refractivity contribution is 0.102. The molecule has 0 bridgehead atoms. The number of thiophene rings is 1. The lowest BCUT2D eigenvalue weighted by Gasteiger charge is -2.22. The zero-order valence-electron chi connectivity index (χ0n) is 17.7. The van der Waals surface area contributed by atoms with E-state index in [0.717, 1.165) is 25.2 Å². The van der Waals surface area contributed by atoms with Crippen LogP contribution in [0.5, 0.6) is 0 Å². The average Bonchev–Trinajstić information content (AvgIpc) is 3.47. The predicted molar refractivity (Wildman–Crippen MR) is 127 cm³/mol. The molecule has 6 nitrogen and oxygen atoms in total. The van der Waals surface area contributed by atoms with Gasteiger partial charge in [-0.2, -0.15) is 0 Å². The van der Waals surface area contributed by atoms with Gasteiger partial charge in [0.25, 0.3) is 11.8 Å². The molecule has 0 radical (unpaired) electrons. The Bertz CT molecular complexity index is 1030. The Hall–Kier alpha value is -3.16. The van der Waals surface area contributed by atoms with E-state index in [1.807, 2.05) is 23.6 Å². The number of carbonyl (C=O) groups excluding carboxylic acids is 2. The molecule has 1 aromatic heterocycles. The number of benzene rings is 2. The highest BCUT2D eigenvalue weighted by Gasteiger charge is 2.24. The van der Waals surface area contributed by atoms with E-state index >= 15 is 0 Å². The Morgan fingerprint density at radius 3 is 2.16 bits per heavy atom. The Morgan fingerprint density at radius 1 is 0.935 bits per heavy atom. The zero-order chi connectivity index (χ0) is 21.8. The highest BCUT2D eigenvalue weighted by molar-refractivity contribution is 7.12. The molecule has 0 aliphatic carbocycles. The van der Waals surface area contributed by atoms with Crippen LogP contribution in [0, 0.1) is 0 Å².